The molecular formula is C20H20F7N3O. The van der Waals surface area contributed by atoms with Crippen LogP contribution in [0.5, 0.6) is 0 Å². The minimum absolute atomic E-state index is 0.0257. The van der Waals surface area contributed by atoms with Gasteiger partial charge in [-0.2, -0.15) is 26.3 Å². The second-order valence-corrected chi connectivity index (χ2v) is 6.93. The third-order valence-corrected chi connectivity index (χ3v) is 4.63. The predicted molar refractivity (Wildman–Crippen MR) is 104 cm³/mol. The molecule has 2 aromatic rings. The number of amides is 1. The van der Waals surface area contributed by atoms with Gasteiger partial charge >= 0.3 is 18.0 Å². The van der Waals surface area contributed by atoms with E-state index in [0.29, 0.717) is 30.1 Å². The van der Waals surface area contributed by atoms with Gasteiger partial charge in [0.15, 0.2) is 0 Å². The van der Waals surface area contributed by atoms with Crippen molar-refractivity contribution in [3.63, 3.8) is 0 Å². The summed E-state index contributed by atoms with van der Waals surface area (Å²) in [5, 5.41) is 5.40. The second-order valence-electron chi connectivity index (χ2n) is 6.93. The first-order chi connectivity index (χ1) is 14.1. The van der Waals surface area contributed by atoms with Crippen LogP contribution in [-0.2, 0) is 5.67 Å². The van der Waals surface area contributed by atoms with E-state index in [0.717, 1.165) is 0 Å². The zero-order chi connectivity index (χ0) is 23.8. The van der Waals surface area contributed by atoms with Crippen LogP contribution < -0.4 is 16.4 Å². The lowest BCUT2D eigenvalue weighted by molar-refractivity contribution is -0.348. The number of aryl methyl sites for hydroxylation is 2. The molecule has 0 heterocycles. The molecule has 0 unspecified atom stereocenters. The zero-order valence-electron chi connectivity index (χ0n) is 16.7. The molecule has 0 radical (unpaired) electrons. The van der Waals surface area contributed by atoms with Gasteiger partial charge in [0.25, 0.3) is 5.91 Å². The van der Waals surface area contributed by atoms with Crippen molar-refractivity contribution >= 4 is 23.0 Å². The predicted octanol–water partition coefficient (Wildman–Crippen LogP) is 5.86. The Morgan fingerprint density at radius 1 is 0.935 bits per heavy atom. The van der Waals surface area contributed by atoms with Crippen molar-refractivity contribution in [1.29, 1.82) is 0 Å². The number of anilines is 3. The SMILES string of the molecule is CCNc1cc(C(=O)Nc2c(C)cc(C(F)(C(F)(F)F)C(F)(F)F)cc2C)ccc1N. The monoisotopic (exact) mass is 451 g/mol. The van der Waals surface area contributed by atoms with Gasteiger partial charge in [-0.1, -0.05) is 12.1 Å². The fraction of sp³-hybridized carbons (Fsp3) is 0.350. The molecule has 0 fully saturated rings. The third-order valence-electron chi connectivity index (χ3n) is 4.63. The number of hydrogen-bond acceptors (Lipinski definition) is 3. The third kappa shape index (κ3) is 4.54. The van der Waals surface area contributed by atoms with Gasteiger partial charge in [-0.3, -0.25) is 4.79 Å². The van der Waals surface area contributed by atoms with E-state index in [2.05, 4.69) is 10.6 Å². The molecule has 0 bridgehead atoms. The molecule has 1 amide bonds. The van der Waals surface area contributed by atoms with Gasteiger partial charge in [0.1, 0.15) is 0 Å². The largest absolute Gasteiger partial charge is 0.435 e. The van der Waals surface area contributed by atoms with Crippen molar-refractivity contribution < 1.29 is 35.5 Å². The van der Waals surface area contributed by atoms with E-state index in [9.17, 15) is 35.5 Å². The smallest absolute Gasteiger partial charge is 0.397 e. The Balaban J connectivity index is 2.46. The average Bonchev–Trinajstić information content (AvgIpc) is 2.63. The van der Waals surface area contributed by atoms with Crippen LogP contribution in [0.4, 0.5) is 47.8 Å². The van der Waals surface area contributed by atoms with Gasteiger partial charge in [0, 0.05) is 23.4 Å². The van der Waals surface area contributed by atoms with Gasteiger partial charge in [-0.15, -0.1) is 0 Å². The molecule has 0 aliphatic heterocycles. The Hall–Kier alpha value is -2.98. The Bertz CT molecular complexity index is 947. The number of nitrogens with one attached hydrogen (secondary N) is 2. The maximum absolute atomic E-state index is 14.4. The lowest BCUT2D eigenvalue weighted by Crippen LogP contribution is -2.50. The maximum atomic E-state index is 14.4. The van der Waals surface area contributed by atoms with E-state index in [-0.39, 0.29) is 22.4 Å². The number of halogens is 7. The molecule has 0 saturated heterocycles. The van der Waals surface area contributed by atoms with Gasteiger partial charge < -0.3 is 16.4 Å². The van der Waals surface area contributed by atoms with Crippen LogP contribution >= 0.6 is 0 Å². The number of alkyl halides is 7. The summed E-state index contributed by atoms with van der Waals surface area (Å²) in [6.45, 7) is 4.68. The molecule has 0 aliphatic rings. The second kappa shape index (κ2) is 8.27. The Morgan fingerprint density at radius 3 is 1.90 bits per heavy atom. The van der Waals surface area contributed by atoms with Gasteiger partial charge in [-0.05, 0) is 50.1 Å². The molecule has 0 aliphatic carbocycles. The van der Waals surface area contributed by atoms with E-state index in [1.54, 1.807) is 0 Å². The molecule has 11 heteroatoms. The first-order valence-corrected chi connectivity index (χ1v) is 9.02. The summed E-state index contributed by atoms with van der Waals surface area (Å²) in [5.41, 5.74) is -0.704. The Kier molecular flexibility index (Phi) is 6.48. The molecular weight excluding hydrogens is 431 g/mol. The highest BCUT2D eigenvalue weighted by molar-refractivity contribution is 6.06. The first-order valence-electron chi connectivity index (χ1n) is 9.02. The van der Waals surface area contributed by atoms with Crippen LogP contribution in [0, 0.1) is 13.8 Å². The topological polar surface area (TPSA) is 67.2 Å². The molecule has 4 nitrogen and oxygen atoms in total. The lowest BCUT2D eigenvalue weighted by atomic mass is 9.90. The number of nitrogens with two attached hydrogens (primary N) is 1. The van der Waals surface area contributed by atoms with E-state index in [1.165, 1.54) is 32.0 Å². The standard InChI is InChI=1S/C20H20F7N3O/c1-4-29-15-9-12(5-6-14(15)28)17(31)30-16-10(2)7-13(8-11(16)3)18(21,19(22,23)24)20(25,26)27/h5-9,29H,4,28H2,1-3H3,(H,30,31). The summed E-state index contributed by atoms with van der Waals surface area (Å²) in [4.78, 5) is 12.6. The van der Waals surface area contributed by atoms with Crippen LogP contribution in [0.2, 0.25) is 0 Å². The average molecular weight is 451 g/mol. The van der Waals surface area contributed by atoms with E-state index >= 15 is 0 Å². The van der Waals surface area contributed by atoms with Crippen molar-refractivity contribution in [2.24, 2.45) is 0 Å². The van der Waals surface area contributed by atoms with Gasteiger partial charge in [0.05, 0.1) is 11.4 Å². The Labute approximate surface area is 173 Å². The molecule has 0 spiro atoms. The first kappa shape index (κ1) is 24.3. The van der Waals surface area contributed by atoms with Crippen LogP contribution in [-0.4, -0.2) is 24.8 Å². The van der Waals surface area contributed by atoms with E-state index < -0.39 is 29.5 Å². The molecule has 0 saturated carbocycles. The molecule has 0 atom stereocenters. The number of carbonyl (C=O) groups is 1. The summed E-state index contributed by atoms with van der Waals surface area (Å²) in [6, 6.07) is 5.19. The van der Waals surface area contributed by atoms with Crippen LogP contribution in [0.3, 0.4) is 0 Å². The molecule has 0 aromatic heterocycles. The van der Waals surface area contributed by atoms with Crippen molar-refractivity contribution in [3.8, 4) is 0 Å². The minimum atomic E-state index is -6.22. The molecule has 2 aromatic carbocycles. The van der Waals surface area contributed by atoms with Crippen molar-refractivity contribution in [1.82, 2.24) is 0 Å². The highest BCUT2D eigenvalue weighted by Crippen LogP contribution is 2.53. The zero-order valence-corrected chi connectivity index (χ0v) is 16.7. The summed E-state index contributed by atoms with van der Waals surface area (Å²) in [6.07, 6.45) is -12.4. The normalized spacial score (nSPS) is 12.6. The lowest BCUT2D eigenvalue weighted by Gasteiger charge is -2.31. The number of rotatable bonds is 5. The highest BCUT2D eigenvalue weighted by atomic mass is 19.4. The van der Waals surface area contributed by atoms with E-state index in [4.69, 9.17) is 5.73 Å². The Morgan fingerprint density at radius 2 is 1.45 bits per heavy atom. The maximum Gasteiger partial charge on any atom is 0.435 e. The van der Waals surface area contributed by atoms with Gasteiger partial charge in [0.2, 0.25) is 0 Å². The molecule has 2 rings (SSSR count). The summed E-state index contributed by atoms with van der Waals surface area (Å²) >= 11 is 0. The number of nitrogen functional groups attached to an aromatic ring is 1. The quantitative estimate of drug-likeness (QED) is 0.394. The molecule has 4 N–H and O–H groups in total. The minimum Gasteiger partial charge on any atom is -0.397 e. The van der Waals surface area contributed by atoms with Crippen LogP contribution in [0.15, 0.2) is 30.3 Å². The summed E-state index contributed by atoms with van der Waals surface area (Å²) < 4.78 is 92.6. The van der Waals surface area contributed by atoms with Crippen molar-refractivity contribution in [2.75, 3.05) is 22.9 Å². The van der Waals surface area contributed by atoms with E-state index in [1.807, 2.05) is 6.92 Å². The summed E-state index contributed by atoms with van der Waals surface area (Å²) in [7, 11) is 0. The number of carbonyl (C=O) groups excluding carboxylic acids is 1. The van der Waals surface area contributed by atoms with Crippen molar-refractivity contribution in [2.45, 2.75) is 38.8 Å². The number of hydrogen-bond donors (Lipinski definition) is 3. The molecule has 170 valence electrons. The van der Waals surface area contributed by atoms with Crippen LogP contribution in [0.25, 0.3) is 0 Å². The van der Waals surface area contributed by atoms with Crippen LogP contribution in [0.1, 0.15) is 34.0 Å². The fourth-order valence-corrected chi connectivity index (χ4v) is 3.07. The summed E-state index contributed by atoms with van der Waals surface area (Å²) in [5.74, 6) is -0.670. The van der Waals surface area contributed by atoms with Crippen molar-refractivity contribution in [3.05, 3.63) is 52.6 Å². The highest BCUT2D eigenvalue weighted by Gasteiger charge is 2.73. The fourth-order valence-electron chi connectivity index (χ4n) is 3.07. The van der Waals surface area contributed by atoms with Gasteiger partial charge in [-0.25, -0.2) is 4.39 Å². The number of benzene rings is 2. The molecule has 31 heavy (non-hydrogen) atoms.